The lowest BCUT2D eigenvalue weighted by Crippen LogP contribution is -2.56. The highest BCUT2D eigenvalue weighted by Crippen LogP contribution is 2.37. The van der Waals surface area contributed by atoms with E-state index < -0.39 is 5.66 Å². The number of anilines is 1. The highest BCUT2D eigenvalue weighted by atomic mass is 16.5. The minimum atomic E-state index is -0.577. The zero-order chi connectivity index (χ0) is 17.2. The Balaban J connectivity index is 2.03. The molecule has 0 saturated heterocycles. The van der Waals surface area contributed by atoms with Crippen LogP contribution >= 0.6 is 0 Å². The monoisotopic (exact) mass is 324 g/mol. The number of ether oxygens (including phenoxy) is 1. The molecule has 1 atom stereocenters. The summed E-state index contributed by atoms with van der Waals surface area (Å²) in [5.41, 5.74) is 3.31. The molecule has 2 aromatic rings. The van der Waals surface area contributed by atoms with Gasteiger partial charge in [0.1, 0.15) is 5.66 Å². The van der Waals surface area contributed by atoms with E-state index in [1.54, 1.807) is 7.11 Å². The number of amides is 1. The van der Waals surface area contributed by atoms with E-state index in [1.807, 2.05) is 29.2 Å². The van der Waals surface area contributed by atoms with Crippen LogP contribution in [-0.4, -0.2) is 31.1 Å². The molecule has 4 nitrogen and oxygen atoms in total. The summed E-state index contributed by atoms with van der Waals surface area (Å²) < 4.78 is 5.17. The molecule has 0 aliphatic carbocycles. The minimum Gasteiger partial charge on any atom is -0.385 e. The molecule has 1 aliphatic rings. The summed E-state index contributed by atoms with van der Waals surface area (Å²) >= 11 is 0. The normalized spacial score (nSPS) is 19.8. The molecule has 0 spiro atoms. The second-order valence-electron chi connectivity index (χ2n) is 6.41. The molecule has 1 amide bonds. The average Bonchev–Trinajstić information content (AvgIpc) is 2.58. The van der Waals surface area contributed by atoms with Crippen LogP contribution in [0, 0.1) is 6.92 Å². The van der Waals surface area contributed by atoms with Crippen LogP contribution in [0.25, 0.3) is 0 Å². The highest BCUT2D eigenvalue weighted by Gasteiger charge is 2.41. The Kier molecular flexibility index (Phi) is 4.58. The maximum Gasteiger partial charge on any atom is 0.258 e. The van der Waals surface area contributed by atoms with Crippen LogP contribution in [-0.2, 0) is 10.4 Å². The van der Waals surface area contributed by atoms with Crippen molar-refractivity contribution in [1.29, 1.82) is 0 Å². The number of carbonyl (C=O) groups excluding carboxylic acids is 1. The summed E-state index contributed by atoms with van der Waals surface area (Å²) in [6.07, 6.45) is 0.799. The van der Waals surface area contributed by atoms with Crippen molar-refractivity contribution in [2.45, 2.75) is 25.9 Å². The van der Waals surface area contributed by atoms with Gasteiger partial charge in [-0.3, -0.25) is 4.79 Å². The number of hydrogen-bond donors (Lipinski definition) is 1. The number of fused-ring (bicyclic) bond motifs is 1. The molecule has 24 heavy (non-hydrogen) atoms. The van der Waals surface area contributed by atoms with Crippen molar-refractivity contribution in [2.75, 3.05) is 25.6 Å². The smallest absolute Gasteiger partial charge is 0.258 e. The molecule has 4 heteroatoms. The molecule has 0 aromatic heterocycles. The third kappa shape index (κ3) is 2.89. The zero-order valence-electron chi connectivity index (χ0n) is 14.5. The van der Waals surface area contributed by atoms with Crippen LogP contribution in [0.3, 0.4) is 0 Å². The van der Waals surface area contributed by atoms with Crippen molar-refractivity contribution in [3.05, 3.63) is 65.2 Å². The third-order valence-corrected chi connectivity index (χ3v) is 4.66. The molecule has 0 radical (unpaired) electrons. The van der Waals surface area contributed by atoms with Crippen molar-refractivity contribution < 1.29 is 9.53 Å². The fraction of sp³-hybridized carbons (Fsp3) is 0.350. The van der Waals surface area contributed by atoms with Gasteiger partial charge in [-0.1, -0.05) is 42.0 Å². The first-order valence-electron chi connectivity index (χ1n) is 8.31. The van der Waals surface area contributed by atoms with Gasteiger partial charge in [0.2, 0.25) is 0 Å². The van der Waals surface area contributed by atoms with E-state index in [2.05, 4.69) is 43.4 Å². The van der Waals surface area contributed by atoms with E-state index in [-0.39, 0.29) is 5.91 Å². The first-order chi connectivity index (χ1) is 11.6. The first-order valence-corrected chi connectivity index (χ1v) is 8.31. The third-order valence-electron chi connectivity index (χ3n) is 4.66. The van der Waals surface area contributed by atoms with Crippen molar-refractivity contribution in [3.8, 4) is 0 Å². The van der Waals surface area contributed by atoms with Crippen LogP contribution in [0.1, 0.15) is 34.8 Å². The Bertz CT molecular complexity index is 727. The van der Waals surface area contributed by atoms with E-state index in [9.17, 15) is 4.79 Å². The van der Waals surface area contributed by atoms with Crippen molar-refractivity contribution in [1.82, 2.24) is 4.90 Å². The molecule has 3 rings (SSSR count). The largest absolute Gasteiger partial charge is 0.385 e. The minimum absolute atomic E-state index is 0.0588. The van der Waals surface area contributed by atoms with Gasteiger partial charge in [-0.25, -0.2) is 0 Å². The van der Waals surface area contributed by atoms with Gasteiger partial charge in [-0.2, -0.15) is 0 Å². The predicted octanol–water partition coefficient (Wildman–Crippen LogP) is 3.77. The molecular weight excluding hydrogens is 300 g/mol. The fourth-order valence-electron chi connectivity index (χ4n) is 3.26. The van der Waals surface area contributed by atoms with E-state index in [1.165, 1.54) is 5.56 Å². The Morgan fingerprint density at radius 1 is 1.12 bits per heavy atom. The lowest BCUT2D eigenvalue weighted by atomic mass is 9.93. The molecule has 0 bridgehead atoms. The summed E-state index contributed by atoms with van der Waals surface area (Å²) in [6, 6.07) is 16.0. The van der Waals surface area contributed by atoms with Crippen LogP contribution in [0.4, 0.5) is 5.69 Å². The standard InChI is InChI=1S/C20H24N2O2/c1-15-9-11-16(12-10-15)20(2)21-18-8-5-4-7-17(18)19(23)22(20)13-6-14-24-3/h4-5,7-12,21H,6,13-14H2,1-3H3. The van der Waals surface area contributed by atoms with Gasteiger partial charge < -0.3 is 15.0 Å². The number of benzene rings is 2. The van der Waals surface area contributed by atoms with Crippen LogP contribution in [0.15, 0.2) is 48.5 Å². The molecule has 1 heterocycles. The molecule has 126 valence electrons. The maximum absolute atomic E-state index is 13.1. The summed E-state index contributed by atoms with van der Waals surface area (Å²) in [5, 5.41) is 3.58. The van der Waals surface area contributed by atoms with Crippen LogP contribution in [0.5, 0.6) is 0 Å². The maximum atomic E-state index is 13.1. The quantitative estimate of drug-likeness (QED) is 0.851. The zero-order valence-corrected chi connectivity index (χ0v) is 14.5. The summed E-state index contributed by atoms with van der Waals surface area (Å²) in [5.74, 6) is 0.0588. The second-order valence-corrected chi connectivity index (χ2v) is 6.41. The Morgan fingerprint density at radius 2 is 1.83 bits per heavy atom. The highest BCUT2D eigenvalue weighted by molar-refractivity contribution is 6.02. The number of para-hydroxylation sites is 1. The number of rotatable bonds is 5. The molecular formula is C20H24N2O2. The number of aryl methyl sites for hydroxylation is 1. The number of carbonyl (C=O) groups is 1. The number of nitrogens with one attached hydrogen (secondary N) is 1. The number of methoxy groups -OCH3 is 1. The summed E-state index contributed by atoms with van der Waals surface area (Å²) in [7, 11) is 1.69. The van der Waals surface area contributed by atoms with Crippen molar-refractivity contribution in [3.63, 3.8) is 0 Å². The van der Waals surface area contributed by atoms with Crippen molar-refractivity contribution in [2.24, 2.45) is 0 Å². The lowest BCUT2D eigenvalue weighted by Gasteiger charge is -2.47. The van der Waals surface area contributed by atoms with E-state index >= 15 is 0 Å². The summed E-state index contributed by atoms with van der Waals surface area (Å²) in [6.45, 7) is 5.41. The van der Waals surface area contributed by atoms with Gasteiger partial charge in [0, 0.05) is 25.9 Å². The van der Waals surface area contributed by atoms with E-state index in [4.69, 9.17) is 4.74 Å². The first kappa shape index (κ1) is 16.5. The van der Waals surface area contributed by atoms with Gasteiger partial charge in [-0.05, 0) is 38.0 Å². The predicted molar refractivity (Wildman–Crippen MR) is 96.1 cm³/mol. The van der Waals surface area contributed by atoms with Gasteiger partial charge in [-0.15, -0.1) is 0 Å². The molecule has 1 N–H and O–H groups in total. The molecule has 1 aliphatic heterocycles. The SMILES string of the molecule is COCCCN1C(=O)c2ccccc2NC1(C)c1ccc(C)cc1. The topological polar surface area (TPSA) is 41.6 Å². The lowest BCUT2D eigenvalue weighted by molar-refractivity contribution is 0.0504. The number of hydrogen-bond acceptors (Lipinski definition) is 3. The van der Waals surface area contributed by atoms with Crippen molar-refractivity contribution >= 4 is 11.6 Å². The van der Waals surface area contributed by atoms with E-state index in [0.29, 0.717) is 13.2 Å². The fourth-order valence-corrected chi connectivity index (χ4v) is 3.26. The van der Waals surface area contributed by atoms with Gasteiger partial charge >= 0.3 is 0 Å². The number of nitrogens with zero attached hydrogens (tertiary/aromatic N) is 1. The Morgan fingerprint density at radius 3 is 2.54 bits per heavy atom. The molecule has 2 aromatic carbocycles. The molecule has 0 saturated carbocycles. The summed E-state index contributed by atoms with van der Waals surface area (Å²) in [4.78, 5) is 15.0. The van der Waals surface area contributed by atoms with E-state index in [0.717, 1.165) is 23.2 Å². The Labute approximate surface area is 143 Å². The molecule has 0 fully saturated rings. The molecule has 1 unspecified atom stereocenters. The van der Waals surface area contributed by atoms with Crippen LogP contribution < -0.4 is 5.32 Å². The van der Waals surface area contributed by atoms with Gasteiger partial charge in [0.15, 0.2) is 0 Å². The average molecular weight is 324 g/mol. The van der Waals surface area contributed by atoms with Crippen LogP contribution in [0.2, 0.25) is 0 Å². The Hall–Kier alpha value is -2.33. The van der Waals surface area contributed by atoms with Gasteiger partial charge in [0.05, 0.1) is 5.56 Å². The van der Waals surface area contributed by atoms with Gasteiger partial charge in [0.25, 0.3) is 5.91 Å². The second kappa shape index (κ2) is 6.65.